The van der Waals surface area contributed by atoms with E-state index < -0.39 is 11.5 Å². The summed E-state index contributed by atoms with van der Waals surface area (Å²) in [6.45, 7) is 10.1. The van der Waals surface area contributed by atoms with Crippen LogP contribution in [0.5, 0.6) is 0 Å². The molecule has 2 N–H and O–H groups in total. The summed E-state index contributed by atoms with van der Waals surface area (Å²) in [5.74, 6) is 0.367. The van der Waals surface area contributed by atoms with Gasteiger partial charge in [-0.25, -0.2) is 4.98 Å². The second-order valence-electron chi connectivity index (χ2n) is 8.18. The molecule has 1 fully saturated rings. The number of aryl methyl sites for hydroxylation is 1. The lowest BCUT2D eigenvalue weighted by molar-refractivity contribution is 0.0138. The van der Waals surface area contributed by atoms with Crippen LogP contribution >= 0.6 is 0 Å². The van der Waals surface area contributed by atoms with Crippen LogP contribution in [0.3, 0.4) is 0 Å². The smallest absolute Gasteiger partial charge is 0.259 e. The maximum Gasteiger partial charge on any atom is 0.259 e. The number of hydrogen-bond donors (Lipinski definition) is 2. The van der Waals surface area contributed by atoms with Crippen molar-refractivity contribution in [2.45, 2.75) is 59.5 Å². The molecule has 1 unspecified atom stereocenters. The molecule has 0 aromatic carbocycles. The van der Waals surface area contributed by atoms with Crippen LogP contribution in [0.1, 0.15) is 68.2 Å². The van der Waals surface area contributed by atoms with Gasteiger partial charge in [0.25, 0.3) is 11.6 Å². The standard InChI is InChI=1S/C19H27N3O3/c1-10(2)16(23)19(4,5)9-20-17(24)13-8-14(12-6-7-12)21-18-15(13)11(3)22-25-18/h8,10,12,16,23H,6-7,9H2,1-5H3,(H,20,24). The molecule has 0 bridgehead atoms. The molecule has 0 saturated heterocycles. The number of nitrogens with one attached hydrogen (secondary N) is 1. The molecule has 0 spiro atoms. The first kappa shape index (κ1) is 17.9. The van der Waals surface area contributed by atoms with E-state index in [1.165, 1.54) is 0 Å². The fourth-order valence-electron chi connectivity index (χ4n) is 3.29. The summed E-state index contributed by atoms with van der Waals surface area (Å²) in [5.41, 5.74) is 2.12. The molecule has 3 rings (SSSR count). The minimum atomic E-state index is -0.496. The van der Waals surface area contributed by atoms with Crippen molar-refractivity contribution < 1.29 is 14.4 Å². The largest absolute Gasteiger partial charge is 0.392 e. The van der Waals surface area contributed by atoms with Crippen LogP contribution in [0, 0.1) is 18.3 Å². The lowest BCUT2D eigenvalue weighted by Crippen LogP contribution is -2.43. The zero-order valence-electron chi connectivity index (χ0n) is 15.6. The first-order valence-electron chi connectivity index (χ1n) is 8.94. The summed E-state index contributed by atoms with van der Waals surface area (Å²) < 4.78 is 5.29. The number of aliphatic hydroxyl groups is 1. The zero-order chi connectivity index (χ0) is 18.4. The van der Waals surface area contributed by atoms with E-state index in [9.17, 15) is 9.90 Å². The third-order valence-corrected chi connectivity index (χ3v) is 5.01. The van der Waals surface area contributed by atoms with Gasteiger partial charge in [-0.3, -0.25) is 4.79 Å². The maximum atomic E-state index is 12.9. The summed E-state index contributed by atoms with van der Waals surface area (Å²) in [6.07, 6.45) is 1.70. The number of hydrogen-bond acceptors (Lipinski definition) is 5. The van der Waals surface area contributed by atoms with Crippen LogP contribution in [0.25, 0.3) is 11.1 Å². The maximum absolute atomic E-state index is 12.9. The minimum absolute atomic E-state index is 0.126. The fraction of sp³-hybridized carbons (Fsp3) is 0.632. The van der Waals surface area contributed by atoms with Gasteiger partial charge in [0.2, 0.25) is 0 Å². The van der Waals surface area contributed by atoms with Crippen molar-refractivity contribution in [3.8, 4) is 0 Å². The molecule has 0 aliphatic heterocycles. The Morgan fingerprint density at radius 1 is 1.44 bits per heavy atom. The van der Waals surface area contributed by atoms with E-state index in [0.29, 0.717) is 34.8 Å². The van der Waals surface area contributed by atoms with Gasteiger partial charge in [-0.05, 0) is 31.7 Å². The van der Waals surface area contributed by atoms with Crippen molar-refractivity contribution >= 4 is 17.0 Å². The predicted molar refractivity (Wildman–Crippen MR) is 95.5 cm³/mol. The SMILES string of the molecule is Cc1noc2nc(C3CC3)cc(C(=O)NCC(C)(C)C(O)C(C)C)c12. The Morgan fingerprint density at radius 2 is 2.12 bits per heavy atom. The van der Waals surface area contributed by atoms with Crippen LogP contribution in [0.15, 0.2) is 10.6 Å². The molecule has 2 aromatic heterocycles. The highest BCUT2D eigenvalue weighted by Crippen LogP contribution is 2.40. The fourth-order valence-corrected chi connectivity index (χ4v) is 3.29. The summed E-state index contributed by atoms with van der Waals surface area (Å²) in [6, 6.07) is 1.87. The molecule has 2 aromatic rings. The Kier molecular flexibility index (Phi) is 4.58. The van der Waals surface area contributed by atoms with Crippen LogP contribution in [-0.4, -0.2) is 33.8 Å². The first-order valence-corrected chi connectivity index (χ1v) is 8.94. The van der Waals surface area contributed by atoms with E-state index in [1.807, 2.05) is 40.7 Å². The summed E-state index contributed by atoms with van der Waals surface area (Å²) >= 11 is 0. The number of aromatic nitrogens is 2. The van der Waals surface area contributed by atoms with Gasteiger partial charge in [0, 0.05) is 23.6 Å². The van der Waals surface area contributed by atoms with Crippen molar-refractivity contribution in [1.82, 2.24) is 15.5 Å². The lowest BCUT2D eigenvalue weighted by atomic mass is 9.80. The second kappa shape index (κ2) is 6.41. The third kappa shape index (κ3) is 3.54. The van der Waals surface area contributed by atoms with Crippen LogP contribution < -0.4 is 5.32 Å². The van der Waals surface area contributed by atoms with E-state index >= 15 is 0 Å². The number of pyridine rings is 1. The highest BCUT2D eigenvalue weighted by atomic mass is 16.5. The molecule has 1 saturated carbocycles. The summed E-state index contributed by atoms with van der Waals surface area (Å²) in [7, 11) is 0. The Balaban J connectivity index is 1.85. The number of amides is 1. The number of rotatable bonds is 6. The van der Waals surface area contributed by atoms with Gasteiger partial charge in [0.1, 0.15) is 0 Å². The van der Waals surface area contributed by atoms with Crippen molar-refractivity contribution in [2.75, 3.05) is 6.54 Å². The van der Waals surface area contributed by atoms with Crippen molar-refractivity contribution in [2.24, 2.45) is 11.3 Å². The number of carbonyl (C=O) groups is 1. The molecule has 1 atom stereocenters. The first-order chi connectivity index (χ1) is 11.7. The van der Waals surface area contributed by atoms with E-state index in [-0.39, 0.29) is 11.8 Å². The van der Waals surface area contributed by atoms with Crippen LogP contribution in [0.2, 0.25) is 0 Å². The summed E-state index contributed by atoms with van der Waals surface area (Å²) in [4.78, 5) is 17.4. The third-order valence-electron chi connectivity index (χ3n) is 5.01. The van der Waals surface area contributed by atoms with Crippen LogP contribution in [0.4, 0.5) is 0 Å². The van der Waals surface area contributed by atoms with Gasteiger partial charge in [-0.2, -0.15) is 0 Å². The highest BCUT2D eigenvalue weighted by molar-refractivity contribution is 6.06. The average molecular weight is 345 g/mol. The number of fused-ring (bicyclic) bond motifs is 1. The van der Waals surface area contributed by atoms with Gasteiger partial charge in [-0.1, -0.05) is 32.9 Å². The highest BCUT2D eigenvalue weighted by Gasteiger charge is 2.32. The van der Waals surface area contributed by atoms with Gasteiger partial charge < -0.3 is 14.9 Å². The van der Waals surface area contributed by atoms with E-state index in [1.54, 1.807) is 0 Å². The minimum Gasteiger partial charge on any atom is -0.392 e. The quantitative estimate of drug-likeness (QED) is 0.839. The molecule has 2 heterocycles. The topological polar surface area (TPSA) is 88.2 Å². The molecule has 1 amide bonds. The molecule has 1 aliphatic carbocycles. The average Bonchev–Trinajstić information content (AvgIpc) is 3.35. The van der Waals surface area contributed by atoms with Gasteiger partial charge >= 0.3 is 0 Å². The Bertz CT molecular complexity index is 791. The predicted octanol–water partition coefficient (Wildman–Crippen LogP) is 3.18. The number of aliphatic hydroxyl groups excluding tert-OH is 1. The Labute approximate surface area is 148 Å². The van der Waals surface area contributed by atoms with Gasteiger partial charge in [0.15, 0.2) is 0 Å². The lowest BCUT2D eigenvalue weighted by Gasteiger charge is -2.33. The zero-order valence-corrected chi connectivity index (χ0v) is 15.6. The van der Waals surface area contributed by atoms with Gasteiger partial charge in [-0.15, -0.1) is 0 Å². The number of nitrogens with zero attached hydrogens (tertiary/aromatic N) is 2. The van der Waals surface area contributed by atoms with Crippen molar-refractivity contribution in [3.05, 3.63) is 23.0 Å². The van der Waals surface area contributed by atoms with Crippen molar-refractivity contribution in [1.29, 1.82) is 0 Å². The van der Waals surface area contributed by atoms with E-state index in [4.69, 9.17) is 4.52 Å². The Hall–Kier alpha value is -1.95. The monoisotopic (exact) mass is 345 g/mol. The van der Waals surface area contributed by atoms with Crippen molar-refractivity contribution in [3.63, 3.8) is 0 Å². The molecule has 1 aliphatic rings. The molecule has 25 heavy (non-hydrogen) atoms. The molecular weight excluding hydrogens is 318 g/mol. The van der Waals surface area contributed by atoms with E-state index in [0.717, 1.165) is 18.5 Å². The number of carbonyl (C=O) groups excluding carboxylic acids is 1. The molecule has 6 nitrogen and oxygen atoms in total. The molecule has 0 radical (unpaired) electrons. The Morgan fingerprint density at radius 3 is 2.72 bits per heavy atom. The summed E-state index contributed by atoms with van der Waals surface area (Å²) in [5, 5.41) is 18.0. The molecule has 6 heteroatoms. The van der Waals surface area contributed by atoms with Gasteiger partial charge in [0.05, 0.1) is 22.7 Å². The van der Waals surface area contributed by atoms with Crippen LogP contribution in [-0.2, 0) is 0 Å². The molecular formula is C19H27N3O3. The van der Waals surface area contributed by atoms with E-state index in [2.05, 4.69) is 15.5 Å². The molecule has 136 valence electrons. The second-order valence-corrected chi connectivity index (χ2v) is 8.18. The normalized spacial score (nSPS) is 16.4.